The van der Waals surface area contributed by atoms with E-state index < -0.39 is 0 Å². The van der Waals surface area contributed by atoms with Crippen LogP contribution in [0, 0.1) is 0 Å². The topological polar surface area (TPSA) is 38.3 Å². The van der Waals surface area contributed by atoms with Crippen molar-refractivity contribution >= 4 is 21.9 Å². The molecule has 0 spiro atoms. The zero-order chi connectivity index (χ0) is 14.7. The lowest BCUT2D eigenvalue weighted by Crippen LogP contribution is -2.42. The van der Waals surface area contributed by atoms with Crippen molar-refractivity contribution in [3.8, 4) is 0 Å². The molecule has 2 aromatic rings. The highest BCUT2D eigenvalue weighted by molar-refractivity contribution is 9.10. The average Bonchev–Trinajstić information content (AvgIpc) is 2.53. The molecule has 1 atom stereocenters. The summed E-state index contributed by atoms with van der Waals surface area (Å²) in [5.74, 6) is -0.190. The molecule has 1 aliphatic rings. The Morgan fingerprint density at radius 1 is 1.19 bits per heavy atom. The van der Waals surface area contributed by atoms with Gasteiger partial charge in [-0.05, 0) is 35.2 Å². The summed E-state index contributed by atoms with van der Waals surface area (Å²) >= 11 is 3.47. The third-order valence-corrected chi connectivity index (χ3v) is 4.13. The fourth-order valence-corrected chi connectivity index (χ4v) is 2.89. The van der Waals surface area contributed by atoms with Crippen LogP contribution in [-0.4, -0.2) is 12.0 Å². The molecule has 2 aromatic carbocycles. The molecule has 0 aromatic heterocycles. The Labute approximate surface area is 132 Å². The summed E-state index contributed by atoms with van der Waals surface area (Å²) in [7, 11) is 0. The van der Waals surface area contributed by atoms with Gasteiger partial charge in [0.2, 0.25) is 0 Å². The first kappa shape index (κ1) is 14.3. The van der Waals surface area contributed by atoms with E-state index in [1.807, 2.05) is 36.4 Å². The molecule has 0 fully saturated rings. The fraction of sp³-hybridized carbons (Fsp3) is 0.235. The van der Waals surface area contributed by atoms with Crippen LogP contribution < -0.4 is 5.32 Å². The molecule has 0 amide bonds. The van der Waals surface area contributed by atoms with Crippen LogP contribution in [0.3, 0.4) is 0 Å². The summed E-state index contributed by atoms with van der Waals surface area (Å²) in [6.45, 7) is 1.02. The van der Waals surface area contributed by atoms with Crippen LogP contribution in [0.25, 0.3) is 0 Å². The van der Waals surface area contributed by atoms with Crippen molar-refractivity contribution in [3.63, 3.8) is 0 Å². The van der Waals surface area contributed by atoms with Crippen molar-refractivity contribution < 1.29 is 9.53 Å². The van der Waals surface area contributed by atoms with Gasteiger partial charge in [0.05, 0.1) is 0 Å². The number of esters is 1. The second kappa shape index (κ2) is 6.41. The Kier molecular flexibility index (Phi) is 4.36. The number of ether oxygens (including phenoxy) is 1. The zero-order valence-electron chi connectivity index (χ0n) is 11.5. The first-order valence-corrected chi connectivity index (χ1v) is 7.73. The van der Waals surface area contributed by atoms with Crippen LogP contribution in [0.2, 0.25) is 0 Å². The molecule has 1 unspecified atom stereocenters. The molecule has 0 radical (unpaired) electrons. The third kappa shape index (κ3) is 3.52. The first-order valence-electron chi connectivity index (χ1n) is 6.93. The summed E-state index contributed by atoms with van der Waals surface area (Å²) in [5, 5.41) is 3.24. The first-order chi connectivity index (χ1) is 10.2. The summed E-state index contributed by atoms with van der Waals surface area (Å²) in [6.07, 6.45) is 0.669. The number of carbonyl (C=O) groups excluding carboxylic acids is 1. The third-order valence-electron chi connectivity index (χ3n) is 3.64. The smallest absolute Gasteiger partial charge is 0.323 e. The van der Waals surface area contributed by atoms with E-state index in [4.69, 9.17) is 4.74 Å². The molecule has 108 valence electrons. The predicted octanol–water partition coefficient (Wildman–Crippen LogP) is 3.21. The Balaban J connectivity index is 1.61. The van der Waals surface area contributed by atoms with Crippen molar-refractivity contribution in [1.29, 1.82) is 0 Å². The van der Waals surface area contributed by atoms with Crippen molar-refractivity contribution in [2.75, 3.05) is 0 Å². The van der Waals surface area contributed by atoms with E-state index in [1.165, 1.54) is 11.1 Å². The van der Waals surface area contributed by atoms with Crippen molar-refractivity contribution in [2.45, 2.75) is 25.6 Å². The molecule has 0 bridgehead atoms. The number of fused-ring (bicyclic) bond motifs is 1. The predicted molar refractivity (Wildman–Crippen MR) is 84.7 cm³/mol. The fourth-order valence-electron chi connectivity index (χ4n) is 2.48. The highest BCUT2D eigenvalue weighted by Crippen LogP contribution is 2.22. The van der Waals surface area contributed by atoms with Crippen LogP contribution in [0.4, 0.5) is 0 Å². The van der Waals surface area contributed by atoms with Gasteiger partial charge in [-0.1, -0.05) is 52.3 Å². The highest BCUT2D eigenvalue weighted by Gasteiger charge is 2.25. The molecule has 1 N–H and O–H groups in total. The highest BCUT2D eigenvalue weighted by atomic mass is 79.9. The molecule has 3 nitrogen and oxygen atoms in total. The van der Waals surface area contributed by atoms with Crippen molar-refractivity contribution in [3.05, 3.63) is 69.7 Å². The van der Waals surface area contributed by atoms with Gasteiger partial charge in [0.1, 0.15) is 12.6 Å². The quantitative estimate of drug-likeness (QED) is 0.868. The summed E-state index contributed by atoms with van der Waals surface area (Å²) in [5.41, 5.74) is 3.44. The van der Waals surface area contributed by atoms with E-state index in [1.54, 1.807) is 0 Å². The van der Waals surface area contributed by atoms with Gasteiger partial charge in [-0.2, -0.15) is 0 Å². The molecule has 0 saturated heterocycles. The average molecular weight is 346 g/mol. The summed E-state index contributed by atoms with van der Waals surface area (Å²) in [6, 6.07) is 15.6. The molecule has 21 heavy (non-hydrogen) atoms. The lowest BCUT2D eigenvalue weighted by Gasteiger charge is -2.25. The normalized spacial score (nSPS) is 17.1. The molecule has 0 aliphatic carbocycles. The number of carbonyl (C=O) groups is 1. The van der Waals surface area contributed by atoms with Gasteiger partial charge in [-0.15, -0.1) is 0 Å². The van der Waals surface area contributed by atoms with E-state index in [9.17, 15) is 4.79 Å². The molecule has 0 saturated carbocycles. The monoisotopic (exact) mass is 345 g/mol. The maximum absolute atomic E-state index is 12.2. The maximum atomic E-state index is 12.2. The summed E-state index contributed by atoms with van der Waals surface area (Å²) < 4.78 is 6.44. The van der Waals surface area contributed by atoms with Crippen LogP contribution in [0.5, 0.6) is 0 Å². The van der Waals surface area contributed by atoms with Gasteiger partial charge in [-0.3, -0.25) is 4.79 Å². The van der Waals surface area contributed by atoms with Gasteiger partial charge in [-0.25, -0.2) is 0 Å². The minimum absolute atomic E-state index is 0.190. The Bertz CT molecular complexity index is 642. The molecule has 3 rings (SSSR count). The number of rotatable bonds is 3. The van der Waals surface area contributed by atoms with E-state index in [0.29, 0.717) is 19.6 Å². The van der Waals surface area contributed by atoms with E-state index in [2.05, 4.69) is 33.4 Å². The minimum Gasteiger partial charge on any atom is -0.460 e. The van der Waals surface area contributed by atoms with Crippen LogP contribution in [-0.2, 0) is 29.1 Å². The van der Waals surface area contributed by atoms with Gasteiger partial charge in [0.15, 0.2) is 0 Å². The largest absolute Gasteiger partial charge is 0.460 e. The van der Waals surface area contributed by atoms with E-state index >= 15 is 0 Å². The molecular formula is C17H16BrNO2. The number of nitrogens with one attached hydrogen (secondary N) is 1. The number of halogens is 1. The van der Waals surface area contributed by atoms with Gasteiger partial charge in [0.25, 0.3) is 0 Å². The van der Waals surface area contributed by atoms with E-state index in [-0.39, 0.29) is 12.0 Å². The molecule has 1 heterocycles. The van der Waals surface area contributed by atoms with Gasteiger partial charge in [0, 0.05) is 11.0 Å². The Hall–Kier alpha value is -1.65. The second-order valence-electron chi connectivity index (χ2n) is 5.14. The van der Waals surface area contributed by atoms with Crippen LogP contribution in [0.15, 0.2) is 53.0 Å². The van der Waals surface area contributed by atoms with Gasteiger partial charge < -0.3 is 10.1 Å². The van der Waals surface area contributed by atoms with Gasteiger partial charge >= 0.3 is 5.97 Å². The summed E-state index contributed by atoms with van der Waals surface area (Å²) in [4.78, 5) is 12.2. The lowest BCUT2D eigenvalue weighted by molar-refractivity contribution is -0.147. The molecule has 4 heteroatoms. The standard InChI is InChI=1S/C17H16BrNO2/c18-15-7-6-13-10-19-16(9-14(13)8-15)17(20)21-11-12-4-2-1-3-5-12/h1-8,16,19H,9-11H2. The molecule has 1 aliphatic heterocycles. The number of benzene rings is 2. The SMILES string of the molecule is O=C(OCc1ccccc1)C1Cc2cc(Br)ccc2CN1. The van der Waals surface area contributed by atoms with E-state index in [0.717, 1.165) is 10.0 Å². The zero-order valence-corrected chi connectivity index (χ0v) is 13.1. The van der Waals surface area contributed by atoms with Crippen LogP contribution in [0.1, 0.15) is 16.7 Å². The molecular weight excluding hydrogens is 330 g/mol. The van der Waals surface area contributed by atoms with Crippen molar-refractivity contribution in [2.24, 2.45) is 0 Å². The number of hydrogen-bond donors (Lipinski definition) is 1. The Morgan fingerprint density at radius 3 is 2.81 bits per heavy atom. The maximum Gasteiger partial charge on any atom is 0.323 e. The van der Waals surface area contributed by atoms with Crippen LogP contribution >= 0.6 is 15.9 Å². The second-order valence-corrected chi connectivity index (χ2v) is 6.06. The van der Waals surface area contributed by atoms with Crippen molar-refractivity contribution in [1.82, 2.24) is 5.32 Å². The Morgan fingerprint density at radius 2 is 2.00 bits per heavy atom. The lowest BCUT2D eigenvalue weighted by atomic mass is 9.96. The number of hydrogen-bond acceptors (Lipinski definition) is 3. The minimum atomic E-state index is -0.268.